The van der Waals surface area contributed by atoms with Gasteiger partial charge in [0.2, 0.25) is 10.9 Å². The first-order valence-electron chi connectivity index (χ1n) is 19.6. The van der Waals surface area contributed by atoms with Crippen LogP contribution in [0.15, 0.2) is 59.4 Å². The Balaban J connectivity index is 0.000000156. The van der Waals surface area contributed by atoms with Gasteiger partial charge in [0.05, 0.1) is 40.1 Å². The average Bonchev–Trinajstić information content (AvgIpc) is 3.89. The maximum atomic E-state index is 15.6. The summed E-state index contributed by atoms with van der Waals surface area (Å²) in [5.74, 6) is -6.24. The molecule has 2 saturated heterocycles. The third-order valence-corrected chi connectivity index (χ3v) is 11.3. The molecule has 6 aromatic rings. The van der Waals surface area contributed by atoms with Crippen molar-refractivity contribution in [3.63, 3.8) is 0 Å². The van der Waals surface area contributed by atoms with Gasteiger partial charge in [-0.25, -0.2) is 46.5 Å². The Hall–Kier alpha value is -6.69. The standard InChI is InChI=1S/2C19H17F2N5O3.CH4O3S/c2*20-14-5-12-16(25(10-1-2-10)7-13(18(12)27)19(28)29)15(21)17(14)24-4-3-11(6-24)26-9-22-8-23-26;1-5(2,3)4/h2*5,7-11H,1-4,6H2,(H,28,29);1H3,(H,2,3,4). The van der Waals surface area contributed by atoms with E-state index in [1.807, 2.05) is 0 Å². The van der Waals surface area contributed by atoms with Gasteiger partial charge >= 0.3 is 11.9 Å². The van der Waals surface area contributed by atoms with Crippen LogP contribution in [0.4, 0.5) is 28.9 Å². The number of nitrogens with zero attached hydrogens (tertiary/aromatic N) is 10. The second kappa shape index (κ2) is 16.5. The molecule has 0 radical (unpaired) electrons. The zero-order chi connectivity index (χ0) is 45.1. The van der Waals surface area contributed by atoms with Crippen LogP contribution >= 0.6 is 0 Å². The molecule has 2 unspecified atom stereocenters. The maximum Gasteiger partial charge on any atom is 0.341 e. The molecule has 4 aliphatic rings. The number of carbonyl (C=O) groups is 2. The molecule has 10 rings (SSSR count). The van der Waals surface area contributed by atoms with Crippen molar-refractivity contribution in [2.75, 3.05) is 42.2 Å². The quantitative estimate of drug-likeness (QED) is 0.143. The van der Waals surface area contributed by atoms with E-state index in [1.54, 1.807) is 31.8 Å². The van der Waals surface area contributed by atoms with E-state index < -0.39 is 67.3 Å². The van der Waals surface area contributed by atoms with Gasteiger partial charge in [0.1, 0.15) is 59.4 Å². The number of halogens is 4. The van der Waals surface area contributed by atoms with Gasteiger partial charge in [-0.2, -0.15) is 18.6 Å². The molecule has 63 heavy (non-hydrogen) atoms. The number of benzene rings is 2. The van der Waals surface area contributed by atoms with E-state index >= 15 is 8.78 Å². The molecule has 2 saturated carbocycles. The molecule has 4 aromatic heterocycles. The highest BCUT2D eigenvalue weighted by Gasteiger charge is 2.35. The van der Waals surface area contributed by atoms with Crippen molar-refractivity contribution in [2.24, 2.45) is 0 Å². The highest BCUT2D eigenvalue weighted by atomic mass is 32.2. The Labute approximate surface area is 353 Å². The molecule has 4 fully saturated rings. The van der Waals surface area contributed by atoms with Crippen LogP contribution in [0.5, 0.6) is 0 Å². The maximum absolute atomic E-state index is 15.6. The highest BCUT2D eigenvalue weighted by molar-refractivity contribution is 7.85. The zero-order valence-electron chi connectivity index (χ0n) is 33.2. The van der Waals surface area contributed by atoms with Gasteiger partial charge in [-0.3, -0.25) is 14.1 Å². The summed E-state index contributed by atoms with van der Waals surface area (Å²) in [7, 11) is -3.67. The summed E-state index contributed by atoms with van der Waals surface area (Å²) in [6, 6.07) is 1.61. The molecule has 2 aliphatic heterocycles. The van der Waals surface area contributed by atoms with Crippen molar-refractivity contribution >= 4 is 55.2 Å². The predicted molar refractivity (Wildman–Crippen MR) is 216 cm³/mol. The molecule has 0 spiro atoms. The average molecular weight is 899 g/mol. The van der Waals surface area contributed by atoms with Crippen LogP contribution < -0.4 is 20.7 Å². The van der Waals surface area contributed by atoms with Crippen LogP contribution in [0.2, 0.25) is 0 Å². The molecular formula is C39H38F4N10O9S. The summed E-state index contributed by atoms with van der Waals surface area (Å²) in [5, 5.41) is 26.3. The SMILES string of the molecule is CS(=O)(=O)O.O=C(O)c1cn(C2CC2)c2c(F)c(N3CCC(n4cncn4)C3)c(F)cc2c1=O.O=C(O)c1cn(C2CC2)c2c(F)c(N3CCC(n4cncn4)C3)c(F)cc2c1=O. The van der Waals surface area contributed by atoms with Crippen LogP contribution in [-0.4, -0.2) is 106 Å². The molecule has 3 N–H and O–H groups in total. The summed E-state index contributed by atoms with van der Waals surface area (Å²) < 4.78 is 93.2. The van der Waals surface area contributed by atoms with Gasteiger partial charge in [0.15, 0.2) is 11.6 Å². The molecule has 24 heteroatoms. The Morgan fingerprint density at radius 2 is 1.02 bits per heavy atom. The van der Waals surface area contributed by atoms with Gasteiger partial charge in [0.25, 0.3) is 10.1 Å². The first kappa shape index (κ1) is 43.0. The topological polar surface area (TPSA) is 241 Å². The van der Waals surface area contributed by atoms with Crippen LogP contribution in [-0.2, 0) is 10.1 Å². The third-order valence-electron chi connectivity index (χ3n) is 11.3. The number of pyridine rings is 2. The third kappa shape index (κ3) is 8.59. The van der Waals surface area contributed by atoms with E-state index in [9.17, 15) is 46.6 Å². The lowest BCUT2D eigenvalue weighted by molar-refractivity contribution is 0.0684. The van der Waals surface area contributed by atoms with E-state index in [2.05, 4.69) is 20.2 Å². The van der Waals surface area contributed by atoms with Crippen LogP contribution in [0.25, 0.3) is 21.8 Å². The monoisotopic (exact) mass is 898 g/mol. The lowest BCUT2D eigenvalue weighted by atomic mass is 10.1. The fourth-order valence-corrected chi connectivity index (χ4v) is 8.16. The van der Waals surface area contributed by atoms with Crippen LogP contribution in [0, 0.1) is 23.3 Å². The number of rotatable bonds is 8. The van der Waals surface area contributed by atoms with E-state index in [0.717, 1.165) is 37.8 Å². The number of carboxylic acids is 2. The molecule has 19 nitrogen and oxygen atoms in total. The highest BCUT2D eigenvalue weighted by Crippen LogP contribution is 2.42. The number of hydrogen-bond donors (Lipinski definition) is 3. The first-order chi connectivity index (χ1) is 29.9. The fourth-order valence-electron chi connectivity index (χ4n) is 8.16. The minimum Gasteiger partial charge on any atom is -0.477 e. The van der Waals surface area contributed by atoms with E-state index in [-0.39, 0.29) is 57.3 Å². The minimum atomic E-state index is -3.67. The summed E-state index contributed by atoms with van der Waals surface area (Å²) >= 11 is 0. The minimum absolute atomic E-state index is 0.0388. The summed E-state index contributed by atoms with van der Waals surface area (Å²) in [4.78, 5) is 59.0. The van der Waals surface area contributed by atoms with Crippen molar-refractivity contribution in [3.05, 3.63) is 105 Å². The Kier molecular flexibility index (Phi) is 11.3. The van der Waals surface area contributed by atoms with Crippen molar-refractivity contribution < 1.29 is 50.3 Å². The van der Waals surface area contributed by atoms with Gasteiger partial charge < -0.3 is 29.1 Å². The number of aromatic carboxylic acids is 2. The molecular weight excluding hydrogens is 861 g/mol. The van der Waals surface area contributed by atoms with Gasteiger partial charge in [-0.05, 0) is 50.7 Å². The van der Waals surface area contributed by atoms with Gasteiger partial charge in [-0.1, -0.05) is 0 Å². The molecule has 0 bridgehead atoms. The van der Waals surface area contributed by atoms with Gasteiger partial charge in [0, 0.05) is 50.7 Å². The van der Waals surface area contributed by atoms with Crippen LogP contribution in [0.3, 0.4) is 0 Å². The number of aromatic nitrogens is 8. The van der Waals surface area contributed by atoms with Crippen molar-refractivity contribution in [3.8, 4) is 0 Å². The van der Waals surface area contributed by atoms with Crippen molar-refractivity contribution in [1.82, 2.24) is 38.7 Å². The first-order valence-corrected chi connectivity index (χ1v) is 21.5. The number of fused-ring (bicyclic) bond motifs is 2. The van der Waals surface area contributed by atoms with E-state index in [0.29, 0.717) is 45.3 Å². The lowest BCUT2D eigenvalue weighted by Gasteiger charge is -2.22. The fraction of sp³-hybridized carbons (Fsp3) is 0.385. The predicted octanol–water partition coefficient (Wildman–Crippen LogP) is 4.22. The van der Waals surface area contributed by atoms with E-state index in [1.165, 1.54) is 34.2 Å². The summed E-state index contributed by atoms with van der Waals surface area (Å²) in [6.45, 7) is 1.54. The Bertz CT molecular complexity index is 2820. The lowest BCUT2D eigenvalue weighted by Crippen LogP contribution is -2.25. The molecule has 2 aliphatic carbocycles. The number of hydrogen-bond acceptors (Lipinski definition) is 12. The van der Waals surface area contributed by atoms with Crippen molar-refractivity contribution in [2.45, 2.75) is 62.7 Å². The van der Waals surface area contributed by atoms with Crippen LogP contribution in [0.1, 0.15) is 83.4 Å². The summed E-state index contributed by atoms with van der Waals surface area (Å²) in [5.41, 5.74) is -3.20. The Morgan fingerprint density at radius 1 is 0.651 bits per heavy atom. The number of anilines is 2. The molecule has 332 valence electrons. The van der Waals surface area contributed by atoms with Gasteiger partial charge in [-0.15, -0.1) is 0 Å². The van der Waals surface area contributed by atoms with Crippen molar-refractivity contribution in [1.29, 1.82) is 0 Å². The Morgan fingerprint density at radius 3 is 1.32 bits per heavy atom. The smallest absolute Gasteiger partial charge is 0.341 e. The molecule has 2 aromatic carbocycles. The molecule has 2 atom stereocenters. The normalized spacial score (nSPS) is 18.6. The zero-order valence-corrected chi connectivity index (χ0v) is 34.0. The largest absolute Gasteiger partial charge is 0.477 e. The van der Waals surface area contributed by atoms with E-state index in [4.69, 9.17) is 4.55 Å². The molecule has 6 heterocycles. The molecule has 0 amide bonds. The second-order valence-corrected chi connectivity index (χ2v) is 17.2. The number of carboxylic acid groups (broad SMARTS) is 2. The summed E-state index contributed by atoms with van der Waals surface area (Å²) in [6.07, 6.45) is 13.3. The second-order valence-electron chi connectivity index (χ2n) is 15.7.